The highest BCUT2D eigenvalue weighted by molar-refractivity contribution is 6.02. The van der Waals surface area contributed by atoms with E-state index >= 15 is 0 Å². The number of hydrogen-bond donors (Lipinski definition) is 0. The molecular formula is C33H42O8. The molecule has 0 amide bonds. The average Bonchev–Trinajstić information content (AvgIpc) is 2.98. The van der Waals surface area contributed by atoms with E-state index in [1.54, 1.807) is 64.1 Å². The van der Waals surface area contributed by atoms with Gasteiger partial charge in [0.1, 0.15) is 6.61 Å². The molecule has 222 valence electrons. The van der Waals surface area contributed by atoms with Crippen LogP contribution in [0.1, 0.15) is 80.7 Å². The van der Waals surface area contributed by atoms with Crippen LogP contribution in [0.3, 0.4) is 0 Å². The van der Waals surface area contributed by atoms with Crippen molar-refractivity contribution in [2.75, 3.05) is 13.2 Å². The first-order valence-corrected chi connectivity index (χ1v) is 13.8. The van der Waals surface area contributed by atoms with Gasteiger partial charge in [-0.15, -0.1) is 0 Å². The maximum Gasteiger partial charge on any atom is 0.197 e. The zero-order chi connectivity index (χ0) is 30.1. The fourth-order valence-corrected chi connectivity index (χ4v) is 3.30. The van der Waals surface area contributed by atoms with E-state index in [9.17, 15) is 9.59 Å². The van der Waals surface area contributed by atoms with Crippen LogP contribution in [0.5, 0.6) is 5.75 Å². The topological polar surface area (TPSA) is 89.5 Å². The molecule has 0 aromatic heterocycles. The lowest BCUT2D eigenvalue weighted by Crippen LogP contribution is -2.35. The molecule has 0 saturated carbocycles. The van der Waals surface area contributed by atoms with E-state index in [1.165, 1.54) is 0 Å². The van der Waals surface area contributed by atoms with Crippen molar-refractivity contribution in [2.45, 2.75) is 72.2 Å². The molecule has 3 aromatic rings. The van der Waals surface area contributed by atoms with Gasteiger partial charge in [0.25, 0.3) is 0 Å². The number of Topliss-reactive ketones (excluding diaryl/α,β-unsaturated/α-hetero) is 2. The molecule has 0 bridgehead atoms. The molecule has 0 radical (unpaired) electrons. The molecule has 0 aliphatic carbocycles. The Hall–Kier alpha value is -3.40. The van der Waals surface area contributed by atoms with Crippen molar-refractivity contribution >= 4 is 11.6 Å². The first-order valence-electron chi connectivity index (χ1n) is 13.8. The van der Waals surface area contributed by atoms with Crippen LogP contribution >= 0.6 is 0 Å². The maximum atomic E-state index is 12.4. The van der Waals surface area contributed by atoms with E-state index in [4.69, 9.17) is 29.3 Å². The molecule has 8 heteroatoms. The molecule has 8 nitrogen and oxygen atoms in total. The first kappa shape index (κ1) is 33.8. The van der Waals surface area contributed by atoms with Gasteiger partial charge in [-0.05, 0) is 58.2 Å². The van der Waals surface area contributed by atoms with Crippen LogP contribution in [-0.4, -0.2) is 36.0 Å². The molecule has 0 heterocycles. The summed E-state index contributed by atoms with van der Waals surface area (Å²) in [6.07, 6.45) is 1.75. The van der Waals surface area contributed by atoms with E-state index in [0.717, 1.165) is 18.4 Å². The van der Waals surface area contributed by atoms with Crippen molar-refractivity contribution in [3.63, 3.8) is 0 Å². The van der Waals surface area contributed by atoms with E-state index in [0.29, 0.717) is 30.1 Å². The van der Waals surface area contributed by atoms with Gasteiger partial charge in [-0.3, -0.25) is 9.59 Å². The van der Waals surface area contributed by atoms with Gasteiger partial charge in [0.2, 0.25) is 0 Å². The largest absolute Gasteiger partial charge is 0.338 e. The third-order valence-corrected chi connectivity index (χ3v) is 5.58. The summed E-state index contributed by atoms with van der Waals surface area (Å²) < 4.78 is 0. The predicted octanol–water partition coefficient (Wildman–Crippen LogP) is 7.52. The van der Waals surface area contributed by atoms with Gasteiger partial charge in [0, 0.05) is 11.1 Å². The number of carbonyl (C=O) groups excluding carboxylic acids is 2. The van der Waals surface area contributed by atoms with Gasteiger partial charge in [-0.1, -0.05) is 86.6 Å². The molecule has 0 atom stereocenters. The van der Waals surface area contributed by atoms with Crippen molar-refractivity contribution < 1.29 is 38.9 Å². The Morgan fingerprint density at radius 3 is 1.49 bits per heavy atom. The summed E-state index contributed by atoms with van der Waals surface area (Å²) in [6, 6.07) is 25.4. The van der Waals surface area contributed by atoms with Gasteiger partial charge in [-0.25, -0.2) is 19.6 Å². The average molecular weight is 567 g/mol. The molecule has 3 rings (SSSR count). The predicted molar refractivity (Wildman–Crippen MR) is 156 cm³/mol. The third kappa shape index (κ3) is 11.9. The Bertz CT molecular complexity index is 1160. The van der Waals surface area contributed by atoms with Crippen LogP contribution in [0.4, 0.5) is 0 Å². The summed E-state index contributed by atoms with van der Waals surface area (Å²) in [5, 5.41) is 0. The minimum atomic E-state index is -1.07. The Balaban J connectivity index is 0.000000317. The molecule has 0 aliphatic heterocycles. The Kier molecular flexibility index (Phi) is 14.4. The molecule has 0 aliphatic rings. The van der Waals surface area contributed by atoms with Crippen molar-refractivity contribution in [1.29, 1.82) is 0 Å². The van der Waals surface area contributed by atoms with Crippen LogP contribution in [0.15, 0.2) is 84.9 Å². The van der Waals surface area contributed by atoms with Crippen LogP contribution in [0.25, 0.3) is 0 Å². The van der Waals surface area contributed by atoms with Crippen molar-refractivity contribution in [1.82, 2.24) is 0 Å². The van der Waals surface area contributed by atoms with Gasteiger partial charge in [0.05, 0.1) is 13.2 Å². The van der Waals surface area contributed by atoms with Crippen molar-refractivity contribution in [2.24, 2.45) is 0 Å². The Labute approximate surface area is 243 Å². The lowest BCUT2D eigenvalue weighted by Gasteiger charge is -2.22. The number of rotatable bonds is 16. The molecule has 41 heavy (non-hydrogen) atoms. The summed E-state index contributed by atoms with van der Waals surface area (Å²) in [7, 11) is 0. The minimum absolute atomic E-state index is 0.0794. The summed E-state index contributed by atoms with van der Waals surface area (Å²) in [6.45, 7) is 12.0. The van der Waals surface area contributed by atoms with Crippen LogP contribution in [0.2, 0.25) is 0 Å². The molecular weight excluding hydrogens is 524 g/mol. The summed E-state index contributed by atoms with van der Waals surface area (Å²) in [5.41, 5.74) is 0.0950. The quantitative estimate of drug-likeness (QED) is 0.0761. The monoisotopic (exact) mass is 566 g/mol. The molecule has 0 N–H and O–H groups in total. The highest BCUT2D eigenvalue weighted by Crippen LogP contribution is 2.20. The van der Waals surface area contributed by atoms with Crippen LogP contribution < -0.4 is 4.89 Å². The van der Waals surface area contributed by atoms with Crippen LogP contribution in [-0.2, 0) is 31.0 Å². The molecule has 0 unspecified atom stereocenters. The fraction of sp³-hybridized carbons (Fsp3) is 0.394. The third-order valence-electron chi connectivity index (χ3n) is 5.58. The second kappa shape index (κ2) is 17.4. The number of carbonyl (C=O) groups is 2. The SMILES string of the molecule is CCCOOC(C)(C)C(=O)c1ccccc1.CCCOOc1ccc(COOC(C)(C)C(=O)c2ccccc2)cc1. The fourth-order valence-electron chi connectivity index (χ4n) is 3.30. The number of benzene rings is 3. The molecule has 0 spiro atoms. The Morgan fingerprint density at radius 2 is 1.02 bits per heavy atom. The summed E-state index contributed by atoms with van der Waals surface area (Å²) >= 11 is 0. The normalized spacial score (nSPS) is 11.4. The van der Waals surface area contributed by atoms with Gasteiger partial charge >= 0.3 is 0 Å². The van der Waals surface area contributed by atoms with Crippen molar-refractivity contribution in [3.05, 3.63) is 102 Å². The van der Waals surface area contributed by atoms with E-state index in [2.05, 4.69) is 0 Å². The van der Waals surface area contributed by atoms with E-state index < -0.39 is 11.2 Å². The van der Waals surface area contributed by atoms with E-state index in [1.807, 2.05) is 62.4 Å². The minimum Gasteiger partial charge on any atom is -0.338 e. The van der Waals surface area contributed by atoms with Gasteiger partial charge < -0.3 is 4.89 Å². The second-order valence-electron chi connectivity index (χ2n) is 10.2. The highest BCUT2D eigenvalue weighted by Gasteiger charge is 2.32. The maximum absolute atomic E-state index is 12.4. The zero-order valence-electron chi connectivity index (χ0n) is 24.9. The first-order chi connectivity index (χ1) is 19.6. The van der Waals surface area contributed by atoms with Crippen LogP contribution in [0, 0.1) is 0 Å². The summed E-state index contributed by atoms with van der Waals surface area (Å²) in [4.78, 5) is 55.4. The smallest absolute Gasteiger partial charge is 0.197 e. The Morgan fingerprint density at radius 1 is 0.585 bits per heavy atom. The number of ketones is 2. The second-order valence-corrected chi connectivity index (χ2v) is 10.2. The number of hydrogen-bond acceptors (Lipinski definition) is 8. The highest BCUT2D eigenvalue weighted by atomic mass is 17.2. The molecule has 3 aromatic carbocycles. The zero-order valence-corrected chi connectivity index (χ0v) is 24.9. The van der Waals surface area contributed by atoms with Gasteiger partial charge in [0.15, 0.2) is 28.5 Å². The standard InChI is InChI=1S/C20H24O5.C13H18O3/c1-4-14-22-24-18-12-10-16(11-13-18)15-23-25-20(2,3)19(21)17-8-6-5-7-9-17;1-4-10-15-16-13(2,3)12(14)11-8-6-5-7-9-11/h5-13H,4,14-15H2,1-3H3;5-9H,4,10H2,1-3H3. The van der Waals surface area contributed by atoms with Crippen molar-refractivity contribution in [3.8, 4) is 5.75 Å². The molecule has 0 fully saturated rings. The lowest BCUT2D eigenvalue weighted by atomic mass is 9.97. The van der Waals surface area contributed by atoms with E-state index in [-0.39, 0.29) is 18.2 Å². The molecule has 0 saturated heterocycles. The summed E-state index contributed by atoms with van der Waals surface area (Å²) in [5.74, 6) is 0.409. The van der Waals surface area contributed by atoms with Gasteiger partial charge in [-0.2, -0.15) is 4.89 Å². The lowest BCUT2D eigenvalue weighted by molar-refractivity contribution is -0.345.